The zero-order valence-corrected chi connectivity index (χ0v) is 13.3. The summed E-state index contributed by atoms with van der Waals surface area (Å²) in [6.07, 6.45) is 9.88. The predicted molar refractivity (Wildman–Crippen MR) is 83.2 cm³/mol. The Balaban J connectivity index is 1.44. The molecule has 2 aliphatic rings. The fourth-order valence-corrected chi connectivity index (χ4v) is 4.00. The Morgan fingerprint density at radius 1 is 1.19 bits per heavy atom. The van der Waals surface area contributed by atoms with Gasteiger partial charge in [-0.1, -0.05) is 37.4 Å². The number of hydrogen-bond acceptors (Lipinski definition) is 4. The average molecular weight is 308 g/mol. The van der Waals surface area contributed by atoms with Gasteiger partial charge in [0.1, 0.15) is 5.82 Å². The molecule has 2 heterocycles. The molecule has 1 saturated carbocycles. The van der Waals surface area contributed by atoms with E-state index in [1.54, 1.807) is 0 Å². The number of aromatic amines is 1. The van der Waals surface area contributed by atoms with Crippen LogP contribution in [-0.4, -0.2) is 44.8 Å². The van der Waals surface area contributed by atoms with Crippen molar-refractivity contribution in [2.75, 3.05) is 18.8 Å². The Labute approximate surface area is 130 Å². The van der Waals surface area contributed by atoms with Gasteiger partial charge in [-0.05, 0) is 25.2 Å². The van der Waals surface area contributed by atoms with Crippen molar-refractivity contribution < 1.29 is 4.79 Å². The summed E-state index contributed by atoms with van der Waals surface area (Å²) in [6.45, 7) is 1.83. The molecule has 1 aromatic heterocycles. The molecular formula is C15H24N4OS. The highest BCUT2D eigenvalue weighted by Gasteiger charge is 2.19. The molecule has 6 heteroatoms. The lowest BCUT2D eigenvalue weighted by atomic mass is 10.0. The van der Waals surface area contributed by atoms with Crippen LogP contribution in [0.2, 0.25) is 0 Å². The van der Waals surface area contributed by atoms with Crippen molar-refractivity contribution in [3.05, 3.63) is 5.82 Å². The van der Waals surface area contributed by atoms with E-state index in [2.05, 4.69) is 15.2 Å². The smallest absolute Gasteiger partial charge is 0.233 e. The third-order valence-electron chi connectivity index (χ3n) is 4.50. The minimum absolute atomic E-state index is 0.224. The minimum atomic E-state index is 0.224. The summed E-state index contributed by atoms with van der Waals surface area (Å²) in [5, 5.41) is 7.98. The monoisotopic (exact) mass is 308 g/mol. The summed E-state index contributed by atoms with van der Waals surface area (Å²) < 4.78 is 0. The molecule has 2 fully saturated rings. The first kappa shape index (κ1) is 14.9. The quantitative estimate of drug-likeness (QED) is 0.850. The van der Waals surface area contributed by atoms with Crippen LogP contribution in [0.3, 0.4) is 0 Å². The maximum Gasteiger partial charge on any atom is 0.233 e. The van der Waals surface area contributed by atoms with Crippen LogP contribution in [-0.2, 0) is 11.2 Å². The molecule has 0 radical (unpaired) electrons. The van der Waals surface area contributed by atoms with Crippen molar-refractivity contribution >= 4 is 17.7 Å². The van der Waals surface area contributed by atoms with Crippen LogP contribution in [0.4, 0.5) is 0 Å². The third-order valence-corrected chi connectivity index (χ3v) is 5.33. The fourth-order valence-electron chi connectivity index (χ4n) is 3.28. The molecule has 0 unspecified atom stereocenters. The topological polar surface area (TPSA) is 61.9 Å². The highest BCUT2D eigenvalue weighted by atomic mass is 32.2. The average Bonchev–Trinajstić information content (AvgIpc) is 3.18. The molecule has 116 valence electrons. The lowest BCUT2D eigenvalue weighted by Crippen LogP contribution is -2.36. The normalized spacial score (nSPS) is 20.1. The maximum atomic E-state index is 12.1. The van der Waals surface area contributed by atoms with Gasteiger partial charge in [-0.15, -0.1) is 5.10 Å². The number of likely N-dealkylation sites (tertiary alicyclic amines) is 1. The molecule has 0 atom stereocenters. The first-order chi connectivity index (χ1) is 10.3. The number of carbonyl (C=O) groups is 1. The van der Waals surface area contributed by atoms with Crippen LogP contribution >= 0.6 is 11.8 Å². The number of thioether (sulfide) groups is 1. The van der Waals surface area contributed by atoms with E-state index in [-0.39, 0.29) is 5.91 Å². The first-order valence-corrected chi connectivity index (χ1v) is 9.11. The molecule has 0 spiro atoms. The number of rotatable bonds is 5. The zero-order chi connectivity index (χ0) is 14.5. The Morgan fingerprint density at radius 3 is 2.71 bits per heavy atom. The van der Waals surface area contributed by atoms with Crippen LogP contribution in [0, 0.1) is 5.92 Å². The van der Waals surface area contributed by atoms with E-state index >= 15 is 0 Å². The van der Waals surface area contributed by atoms with E-state index in [9.17, 15) is 4.79 Å². The highest BCUT2D eigenvalue weighted by Crippen LogP contribution is 2.27. The predicted octanol–water partition coefficient (Wildman–Crippen LogP) is 2.64. The van der Waals surface area contributed by atoms with E-state index in [1.165, 1.54) is 43.9 Å². The molecule has 1 aromatic rings. The number of H-pyrrole nitrogens is 1. The lowest BCUT2D eigenvalue weighted by Gasteiger charge is -2.26. The Hall–Kier alpha value is -1.04. The van der Waals surface area contributed by atoms with Crippen LogP contribution in [0.5, 0.6) is 0 Å². The van der Waals surface area contributed by atoms with E-state index < -0.39 is 0 Å². The van der Waals surface area contributed by atoms with E-state index in [0.29, 0.717) is 10.9 Å². The Bertz CT molecular complexity index is 464. The van der Waals surface area contributed by atoms with Gasteiger partial charge in [-0.3, -0.25) is 9.89 Å². The summed E-state index contributed by atoms with van der Waals surface area (Å²) in [7, 11) is 0. The molecule has 5 nitrogen and oxygen atoms in total. The van der Waals surface area contributed by atoms with Gasteiger partial charge in [0.05, 0.1) is 5.75 Å². The fraction of sp³-hybridized carbons (Fsp3) is 0.800. The SMILES string of the molecule is O=C(CSc1n[nH]c(CC2CCCC2)n1)N1CCCCC1. The summed E-state index contributed by atoms with van der Waals surface area (Å²) in [5.41, 5.74) is 0. The number of nitrogens with one attached hydrogen (secondary N) is 1. The second-order valence-electron chi connectivity index (χ2n) is 6.15. The Morgan fingerprint density at radius 2 is 1.95 bits per heavy atom. The van der Waals surface area contributed by atoms with Crippen molar-refractivity contribution in [1.29, 1.82) is 0 Å². The summed E-state index contributed by atoms with van der Waals surface area (Å²) in [6, 6.07) is 0. The standard InChI is InChI=1S/C15H24N4OS/c20-14(19-8-4-1-5-9-19)11-21-15-16-13(17-18-15)10-12-6-2-3-7-12/h12H,1-11H2,(H,16,17,18). The number of piperidine rings is 1. The number of hydrogen-bond donors (Lipinski definition) is 1. The summed E-state index contributed by atoms with van der Waals surface area (Å²) in [5.74, 6) is 2.43. The molecule has 1 aliphatic heterocycles. The molecule has 1 amide bonds. The molecular weight excluding hydrogens is 284 g/mol. The van der Waals surface area contributed by atoms with E-state index in [4.69, 9.17) is 0 Å². The van der Waals surface area contributed by atoms with Crippen LogP contribution in [0.1, 0.15) is 50.8 Å². The maximum absolute atomic E-state index is 12.1. The van der Waals surface area contributed by atoms with Gasteiger partial charge in [-0.2, -0.15) is 0 Å². The minimum Gasteiger partial charge on any atom is -0.342 e. The number of carbonyl (C=O) groups excluding carboxylic acids is 1. The van der Waals surface area contributed by atoms with Gasteiger partial charge in [0.15, 0.2) is 0 Å². The first-order valence-electron chi connectivity index (χ1n) is 8.13. The number of amides is 1. The zero-order valence-electron chi connectivity index (χ0n) is 12.5. The van der Waals surface area contributed by atoms with Gasteiger partial charge in [-0.25, -0.2) is 4.98 Å². The number of nitrogens with zero attached hydrogens (tertiary/aromatic N) is 3. The van der Waals surface area contributed by atoms with Gasteiger partial charge in [0, 0.05) is 19.5 Å². The molecule has 0 aromatic carbocycles. The lowest BCUT2D eigenvalue weighted by molar-refractivity contribution is -0.129. The number of aromatic nitrogens is 3. The van der Waals surface area contributed by atoms with Crippen LogP contribution < -0.4 is 0 Å². The van der Waals surface area contributed by atoms with Gasteiger partial charge >= 0.3 is 0 Å². The van der Waals surface area contributed by atoms with Crippen LogP contribution in [0.15, 0.2) is 5.16 Å². The second kappa shape index (κ2) is 7.29. The van der Waals surface area contributed by atoms with Crippen molar-refractivity contribution in [3.63, 3.8) is 0 Å². The van der Waals surface area contributed by atoms with E-state index in [1.807, 2.05) is 4.90 Å². The molecule has 1 N–H and O–H groups in total. The van der Waals surface area contributed by atoms with Crippen LogP contribution in [0.25, 0.3) is 0 Å². The molecule has 0 bridgehead atoms. The largest absolute Gasteiger partial charge is 0.342 e. The van der Waals surface area contributed by atoms with Crippen molar-refractivity contribution in [2.24, 2.45) is 5.92 Å². The van der Waals surface area contributed by atoms with Crippen molar-refractivity contribution in [1.82, 2.24) is 20.1 Å². The molecule has 1 aliphatic carbocycles. The van der Waals surface area contributed by atoms with Crippen molar-refractivity contribution in [2.45, 2.75) is 56.5 Å². The van der Waals surface area contributed by atoms with Gasteiger partial charge < -0.3 is 4.90 Å². The van der Waals surface area contributed by atoms with E-state index in [0.717, 1.165) is 44.1 Å². The Kier molecular flexibility index (Phi) is 5.17. The van der Waals surface area contributed by atoms with Gasteiger partial charge in [0.2, 0.25) is 11.1 Å². The highest BCUT2D eigenvalue weighted by molar-refractivity contribution is 7.99. The van der Waals surface area contributed by atoms with Crippen molar-refractivity contribution in [3.8, 4) is 0 Å². The molecule has 21 heavy (non-hydrogen) atoms. The third kappa shape index (κ3) is 4.22. The second-order valence-corrected chi connectivity index (χ2v) is 7.09. The van der Waals surface area contributed by atoms with Gasteiger partial charge in [0.25, 0.3) is 0 Å². The summed E-state index contributed by atoms with van der Waals surface area (Å²) in [4.78, 5) is 18.6. The summed E-state index contributed by atoms with van der Waals surface area (Å²) >= 11 is 1.46. The molecule has 3 rings (SSSR count). The molecule has 1 saturated heterocycles.